The van der Waals surface area contributed by atoms with Crippen LogP contribution in [0, 0.1) is 0 Å². The number of rotatable bonds is 6. The summed E-state index contributed by atoms with van der Waals surface area (Å²) in [5.74, 6) is 0. The van der Waals surface area contributed by atoms with E-state index in [0.29, 0.717) is 0 Å². The Hall–Kier alpha value is -3.65. The molecule has 148 valence electrons. The summed E-state index contributed by atoms with van der Waals surface area (Å²) < 4.78 is 0. The normalized spacial score (nSPS) is 11.5. The smallest absolute Gasteiger partial charge is 0.101 e. The first-order valence-corrected chi connectivity index (χ1v) is 10.2. The summed E-state index contributed by atoms with van der Waals surface area (Å²) in [7, 11) is 4.14. The average Bonchev–Trinajstić information content (AvgIpc) is 2.81. The molecule has 0 aliphatic carbocycles. The molecule has 4 rings (SSSR count). The van der Waals surface area contributed by atoms with E-state index in [9.17, 15) is 0 Å². The van der Waals surface area contributed by atoms with Crippen LogP contribution in [0.2, 0.25) is 0 Å². The van der Waals surface area contributed by atoms with Gasteiger partial charge in [-0.2, -0.15) is 0 Å². The molecule has 0 radical (unpaired) electrons. The van der Waals surface area contributed by atoms with E-state index in [1.165, 1.54) is 16.8 Å². The fourth-order valence-electron chi connectivity index (χ4n) is 3.59. The molecule has 0 spiro atoms. The summed E-state index contributed by atoms with van der Waals surface area (Å²) in [4.78, 5) is 7.49. The highest BCUT2D eigenvalue weighted by Gasteiger charge is 2.17. The Kier molecular flexibility index (Phi) is 6.05. The molecule has 1 atom stereocenters. The van der Waals surface area contributed by atoms with Gasteiger partial charge in [-0.3, -0.25) is 4.99 Å². The van der Waals surface area contributed by atoms with Gasteiger partial charge in [0.1, 0.15) is 6.04 Å². The van der Waals surface area contributed by atoms with Crippen LogP contribution in [0.3, 0.4) is 0 Å². The second kappa shape index (κ2) is 9.23. The predicted octanol–water partition coefficient (Wildman–Crippen LogP) is 6.38. The monoisotopic (exact) mass is 390 g/mol. The van der Waals surface area contributed by atoms with E-state index in [0.717, 1.165) is 16.8 Å². The van der Waals surface area contributed by atoms with Gasteiger partial charge in [-0.15, -0.1) is 0 Å². The Labute approximate surface area is 179 Å². The molecular weight excluding hydrogens is 364 g/mol. The van der Waals surface area contributed by atoms with E-state index in [-0.39, 0.29) is 6.04 Å². The van der Waals surface area contributed by atoms with Gasteiger partial charge in [-0.05, 0) is 23.3 Å². The van der Waals surface area contributed by atoms with Crippen molar-refractivity contribution in [1.29, 1.82) is 0 Å². The van der Waals surface area contributed by atoms with Crippen LogP contribution < -0.4 is 4.90 Å². The van der Waals surface area contributed by atoms with Gasteiger partial charge >= 0.3 is 0 Å². The van der Waals surface area contributed by atoms with Crippen molar-refractivity contribution >= 4 is 11.4 Å². The molecule has 30 heavy (non-hydrogen) atoms. The van der Waals surface area contributed by atoms with Crippen LogP contribution in [0.1, 0.15) is 28.3 Å². The van der Waals surface area contributed by atoms with Crippen LogP contribution in [0.25, 0.3) is 0 Å². The second-order valence-electron chi connectivity index (χ2n) is 7.51. The lowest BCUT2D eigenvalue weighted by molar-refractivity contribution is 0.872. The highest BCUT2D eigenvalue weighted by Crippen LogP contribution is 2.30. The Morgan fingerprint density at radius 1 is 0.600 bits per heavy atom. The number of hydrogen-bond donors (Lipinski definition) is 0. The van der Waals surface area contributed by atoms with E-state index in [1.54, 1.807) is 0 Å². The molecule has 0 bridgehead atoms. The lowest BCUT2D eigenvalue weighted by Crippen LogP contribution is -2.11. The molecule has 0 N–H and O–H groups in total. The Bertz CT molecular complexity index is 1060. The minimum Gasteiger partial charge on any atom is -0.378 e. The molecule has 2 heteroatoms. The van der Waals surface area contributed by atoms with E-state index >= 15 is 0 Å². The van der Waals surface area contributed by atoms with E-state index in [1.807, 2.05) is 12.1 Å². The van der Waals surface area contributed by atoms with Gasteiger partial charge in [0.05, 0.1) is 5.71 Å². The average molecular weight is 391 g/mol. The Balaban J connectivity index is 1.91. The maximum absolute atomic E-state index is 5.36. The zero-order chi connectivity index (χ0) is 20.8. The first kappa shape index (κ1) is 19.7. The number of nitrogens with zero attached hydrogens (tertiary/aromatic N) is 2. The standard InChI is InChI=1S/C28H26N2/c1-30(2)26-20-12-19-25(21-26)28(24-17-10-5-11-18-24)29-27(22-13-6-3-7-14-22)23-15-8-4-9-16-23/h3-21,28H,1-2H3. The summed E-state index contributed by atoms with van der Waals surface area (Å²) in [5, 5.41) is 0. The van der Waals surface area contributed by atoms with Crippen molar-refractivity contribution in [2.45, 2.75) is 6.04 Å². The van der Waals surface area contributed by atoms with Crippen LogP contribution in [-0.2, 0) is 0 Å². The van der Waals surface area contributed by atoms with Gasteiger partial charge in [0, 0.05) is 30.9 Å². The minimum absolute atomic E-state index is 0.0958. The van der Waals surface area contributed by atoms with Crippen LogP contribution >= 0.6 is 0 Å². The fraction of sp³-hybridized carbons (Fsp3) is 0.107. The molecular formula is C28H26N2. The molecule has 0 aromatic heterocycles. The van der Waals surface area contributed by atoms with Crippen molar-refractivity contribution in [1.82, 2.24) is 0 Å². The molecule has 4 aromatic rings. The molecule has 0 saturated heterocycles. The number of benzene rings is 4. The predicted molar refractivity (Wildman–Crippen MR) is 128 cm³/mol. The summed E-state index contributed by atoms with van der Waals surface area (Å²) in [6.07, 6.45) is 0. The quantitative estimate of drug-likeness (QED) is 0.349. The van der Waals surface area contributed by atoms with Gasteiger partial charge in [0.15, 0.2) is 0 Å². The molecule has 1 unspecified atom stereocenters. The van der Waals surface area contributed by atoms with Crippen molar-refractivity contribution in [2.75, 3.05) is 19.0 Å². The van der Waals surface area contributed by atoms with Crippen molar-refractivity contribution < 1.29 is 0 Å². The van der Waals surface area contributed by atoms with Crippen molar-refractivity contribution in [3.63, 3.8) is 0 Å². The van der Waals surface area contributed by atoms with E-state index < -0.39 is 0 Å². The van der Waals surface area contributed by atoms with Crippen LogP contribution in [0.15, 0.2) is 120 Å². The fourth-order valence-corrected chi connectivity index (χ4v) is 3.59. The van der Waals surface area contributed by atoms with Gasteiger partial charge < -0.3 is 4.90 Å². The number of aliphatic imine (C=N–C) groups is 1. The molecule has 0 heterocycles. The third-order valence-corrected chi connectivity index (χ3v) is 5.17. The second-order valence-corrected chi connectivity index (χ2v) is 7.51. The Morgan fingerprint density at radius 3 is 1.63 bits per heavy atom. The van der Waals surface area contributed by atoms with Crippen LogP contribution in [0.5, 0.6) is 0 Å². The number of hydrogen-bond acceptors (Lipinski definition) is 2. The maximum atomic E-state index is 5.36. The summed E-state index contributed by atoms with van der Waals surface area (Å²) in [5.41, 5.74) is 6.77. The third kappa shape index (κ3) is 4.49. The van der Waals surface area contributed by atoms with Crippen molar-refractivity contribution in [3.05, 3.63) is 138 Å². The van der Waals surface area contributed by atoms with Gasteiger partial charge in [0.25, 0.3) is 0 Å². The SMILES string of the molecule is CN(C)c1cccc(C(N=C(c2ccccc2)c2ccccc2)c2ccccc2)c1. The first-order valence-electron chi connectivity index (χ1n) is 10.2. The lowest BCUT2D eigenvalue weighted by atomic mass is 9.96. The highest BCUT2D eigenvalue weighted by atomic mass is 15.1. The van der Waals surface area contributed by atoms with E-state index in [4.69, 9.17) is 4.99 Å². The molecule has 0 amide bonds. The number of anilines is 1. The van der Waals surface area contributed by atoms with Gasteiger partial charge in [-0.1, -0.05) is 103 Å². The molecule has 0 aliphatic heterocycles. The lowest BCUT2D eigenvalue weighted by Gasteiger charge is -2.20. The summed E-state index contributed by atoms with van der Waals surface area (Å²) in [6.45, 7) is 0. The first-order chi connectivity index (χ1) is 14.7. The third-order valence-electron chi connectivity index (χ3n) is 5.17. The molecule has 0 aliphatic rings. The zero-order valence-electron chi connectivity index (χ0n) is 17.4. The molecule has 0 saturated carbocycles. The summed E-state index contributed by atoms with van der Waals surface area (Å²) >= 11 is 0. The van der Waals surface area contributed by atoms with Crippen molar-refractivity contribution in [3.8, 4) is 0 Å². The van der Waals surface area contributed by atoms with E-state index in [2.05, 4.69) is 122 Å². The Morgan fingerprint density at radius 2 is 1.10 bits per heavy atom. The largest absolute Gasteiger partial charge is 0.378 e. The topological polar surface area (TPSA) is 15.6 Å². The molecule has 0 fully saturated rings. The molecule has 4 aromatic carbocycles. The van der Waals surface area contributed by atoms with Crippen molar-refractivity contribution in [2.24, 2.45) is 4.99 Å². The maximum Gasteiger partial charge on any atom is 0.101 e. The van der Waals surface area contributed by atoms with Gasteiger partial charge in [-0.25, -0.2) is 0 Å². The van der Waals surface area contributed by atoms with Crippen LogP contribution in [-0.4, -0.2) is 19.8 Å². The van der Waals surface area contributed by atoms with Gasteiger partial charge in [0.2, 0.25) is 0 Å². The van der Waals surface area contributed by atoms with Crippen LogP contribution in [0.4, 0.5) is 5.69 Å². The highest BCUT2D eigenvalue weighted by molar-refractivity contribution is 6.13. The molecule has 2 nitrogen and oxygen atoms in total. The minimum atomic E-state index is -0.0958. The zero-order valence-corrected chi connectivity index (χ0v) is 17.4. The summed E-state index contributed by atoms with van der Waals surface area (Å²) in [6, 6.07) is 39.9.